The number of aromatic nitrogens is 1. The van der Waals surface area contributed by atoms with Crippen molar-refractivity contribution in [3.8, 4) is 0 Å². The predicted octanol–water partition coefficient (Wildman–Crippen LogP) is 2.59. The Bertz CT molecular complexity index is 442. The summed E-state index contributed by atoms with van der Waals surface area (Å²) in [5, 5.41) is 0. The van der Waals surface area contributed by atoms with Gasteiger partial charge in [-0.15, -0.1) is 0 Å². The molecule has 4 heteroatoms. The Morgan fingerprint density at radius 1 is 1.36 bits per heavy atom. The molecular formula is C10H12FNO2. The molecule has 0 bridgehead atoms. The lowest BCUT2D eigenvalue weighted by Gasteiger charge is -1.92. The Labute approximate surface area is 80.6 Å². The molecule has 2 rings (SSSR count). The zero-order valence-electron chi connectivity index (χ0n) is 8.35. The number of benzene rings is 1. The van der Waals surface area contributed by atoms with Crippen LogP contribution in [0.3, 0.4) is 0 Å². The van der Waals surface area contributed by atoms with Gasteiger partial charge < -0.3 is 4.42 Å². The van der Waals surface area contributed by atoms with Gasteiger partial charge in [-0.2, -0.15) is 0 Å². The Balaban J connectivity index is 0.000000461. The summed E-state index contributed by atoms with van der Waals surface area (Å²) in [6, 6.07) is 2.73. The van der Waals surface area contributed by atoms with Crippen molar-refractivity contribution in [2.75, 3.05) is 0 Å². The van der Waals surface area contributed by atoms with E-state index >= 15 is 0 Å². The molecular weight excluding hydrogens is 185 g/mol. The van der Waals surface area contributed by atoms with Crippen LogP contribution in [-0.2, 0) is 0 Å². The van der Waals surface area contributed by atoms with E-state index in [1.54, 1.807) is 6.92 Å². The van der Waals surface area contributed by atoms with Crippen molar-refractivity contribution < 1.29 is 8.81 Å². The van der Waals surface area contributed by atoms with E-state index in [0.717, 1.165) is 0 Å². The van der Waals surface area contributed by atoms with Gasteiger partial charge in [-0.05, 0) is 18.6 Å². The Morgan fingerprint density at radius 3 is 2.64 bits per heavy atom. The summed E-state index contributed by atoms with van der Waals surface area (Å²) in [7, 11) is 0. The van der Waals surface area contributed by atoms with Gasteiger partial charge in [-0.1, -0.05) is 13.8 Å². The van der Waals surface area contributed by atoms with Crippen LogP contribution in [0.2, 0.25) is 0 Å². The van der Waals surface area contributed by atoms with Crippen LogP contribution in [0.15, 0.2) is 21.3 Å². The molecule has 76 valence electrons. The lowest BCUT2D eigenvalue weighted by atomic mass is 10.2. The maximum atomic E-state index is 12.9. The van der Waals surface area contributed by atoms with Crippen LogP contribution in [0, 0.1) is 12.7 Å². The molecule has 1 aromatic carbocycles. The molecule has 0 aliphatic rings. The van der Waals surface area contributed by atoms with Crippen molar-refractivity contribution in [3.63, 3.8) is 0 Å². The van der Waals surface area contributed by atoms with E-state index in [-0.39, 0.29) is 5.82 Å². The quantitative estimate of drug-likeness (QED) is 0.705. The molecule has 0 radical (unpaired) electrons. The number of fused-ring (bicyclic) bond motifs is 1. The summed E-state index contributed by atoms with van der Waals surface area (Å²) in [5.41, 5.74) is 1.24. The number of hydrogen-bond donors (Lipinski definition) is 1. The van der Waals surface area contributed by atoms with Crippen LogP contribution in [0.25, 0.3) is 11.1 Å². The highest BCUT2D eigenvalue weighted by Gasteiger charge is 2.04. The topological polar surface area (TPSA) is 46.0 Å². The molecule has 0 saturated carbocycles. The van der Waals surface area contributed by atoms with Crippen molar-refractivity contribution in [1.82, 2.24) is 4.98 Å². The first-order valence-corrected chi connectivity index (χ1v) is 4.46. The van der Waals surface area contributed by atoms with Gasteiger partial charge in [0.2, 0.25) is 0 Å². The second kappa shape index (κ2) is 4.09. The van der Waals surface area contributed by atoms with Crippen molar-refractivity contribution in [2.45, 2.75) is 20.8 Å². The minimum atomic E-state index is -0.560. The van der Waals surface area contributed by atoms with Crippen molar-refractivity contribution in [1.29, 1.82) is 0 Å². The summed E-state index contributed by atoms with van der Waals surface area (Å²) in [5.74, 6) is -0.908. The van der Waals surface area contributed by atoms with Gasteiger partial charge in [-0.25, -0.2) is 9.18 Å². The van der Waals surface area contributed by atoms with E-state index in [1.807, 2.05) is 13.8 Å². The Kier molecular flexibility index (Phi) is 3.06. The van der Waals surface area contributed by atoms with Crippen molar-refractivity contribution in [3.05, 3.63) is 34.1 Å². The SMILES string of the molecule is CC.Cc1cc2oc(=O)[nH]c2cc1F. The van der Waals surface area contributed by atoms with Gasteiger partial charge in [0, 0.05) is 6.07 Å². The van der Waals surface area contributed by atoms with Gasteiger partial charge in [-0.3, -0.25) is 4.98 Å². The standard InChI is InChI=1S/C8H6FNO2.C2H6/c1-4-2-7-6(3-5(4)9)10-8(11)12-7;1-2/h2-3H,1H3,(H,10,11);1-2H3. The number of aromatic amines is 1. The number of oxazole rings is 1. The summed E-state index contributed by atoms with van der Waals surface area (Å²) >= 11 is 0. The second-order valence-corrected chi connectivity index (χ2v) is 2.61. The Morgan fingerprint density at radius 2 is 2.00 bits per heavy atom. The minimum Gasteiger partial charge on any atom is -0.408 e. The molecule has 1 aromatic heterocycles. The number of hydrogen-bond acceptors (Lipinski definition) is 2. The third kappa shape index (κ3) is 1.84. The van der Waals surface area contributed by atoms with Crippen LogP contribution in [0.5, 0.6) is 0 Å². The van der Waals surface area contributed by atoms with Crippen LogP contribution < -0.4 is 5.76 Å². The molecule has 0 unspecified atom stereocenters. The summed E-state index contributed by atoms with van der Waals surface area (Å²) < 4.78 is 17.6. The Hall–Kier alpha value is -1.58. The monoisotopic (exact) mass is 197 g/mol. The van der Waals surface area contributed by atoms with E-state index in [2.05, 4.69) is 4.98 Å². The lowest BCUT2D eigenvalue weighted by molar-refractivity contribution is 0.554. The van der Waals surface area contributed by atoms with E-state index in [4.69, 9.17) is 4.42 Å². The number of halogens is 1. The van der Waals surface area contributed by atoms with Crippen LogP contribution in [0.1, 0.15) is 19.4 Å². The molecule has 14 heavy (non-hydrogen) atoms. The lowest BCUT2D eigenvalue weighted by Crippen LogP contribution is -1.92. The fraction of sp³-hybridized carbons (Fsp3) is 0.300. The van der Waals surface area contributed by atoms with Gasteiger partial charge in [0.1, 0.15) is 5.82 Å². The van der Waals surface area contributed by atoms with Crippen LogP contribution in [0.4, 0.5) is 4.39 Å². The maximum absolute atomic E-state index is 12.9. The van der Waals surface area contributed by atoms with Gasteiger partial charge in [0.25, 0.3) is 0 Å². The third-order valence-electron chi connectivity index (χ3n) is 1.70. The first-order valence-electron chi connectivity index (χ1n) is 4.46. The zero-order chi connectivity index (χ0) is 10.7. The predicted molar refractivity (Wildman–Crippen MR) is 52.9 cm³/mol. The molecule has 3 nitrogen and oxygen atoms in total. The van der Waals surface area contributed by atoms with E-state index in [9.17, 15) is 9.18 Å². The molecule has 0 saturated heterocycles. The largest absolute Gasteiger partial charge is 0.417 e. The fourth-order valence-corrected chi connectivity index (χ4v) is 1.07. The van der Waals surface area contributed by atoms with Crippen LogP contribution in [-0.4, -0.2) is 4.98 Å². The number of rotatable bonds is 0. The van der Waals surface area contributed by atoms with E-state index in [0.29, 0.717) is 16.7 Å². The molecule has 2 aromatic rings. The van der Waals surface area contributed by atoms with E-state index < -0.39 is 5.76 Å². The van der Waals surface area contributed by atoms with E-state index in [1.165, 1.54) is 12.1 Å². The van der Waals surface area contributed by atoms with Crippen molar-refractivity contribution in [2.24, 2.45) is 0 Å². The van der Waals surface area contributed by atoms with Crippen molar-refractivity contribution >= 4 is 11.1 Å². The highest BCUT2D eigenvalue weighted by atomic mass is 19.1. The zero-order valence-corrected chi connectivity index (χ0v) is 8.35. The number of aryl methyl sites for hydroxylation is 1. The molecule has 1 heterocycles. The first-order chi connectivity index (χ1) is 6.66. The molecule has 0 aliphatic carbocycles. The number of H-pyrrole nitrogens is 1. The average molecular weight is 197 g/mol. The number of nitrogens with one attached hydrogen (secondary N) is 1. The second-order valence-electron chi connectivity index (χ2n) is 2.61. The van der Waals surface area contributed by atoms with Gasteiger partial charge in [0.15, 0.2) is 5.58 Å². The maximum Gasteiger partial charge on any atom is 0.417 e. The highest BCUT2D eigenvalue weighted by molar-refractivity contribution is 5.72. The summed E-state index contributed by atoms with van der Waals surface area (Å²) in [6.07, 6.45) is 0. The third-order valence-corrected chi connectivity index (χ3v) is 1.70. The first kappa shape index (κ1) is 10.5. The molecule has 0 fully saturated rings. The van der Waals surface area contributed by atoms with Gasteiger partial charge in [0.05, 0.1) is 5.52 Å². The minimum absolute atomic E-state index is 0.348. The summed E-state index contributed by atoms with van der Waals surface area (Å²) in [4.78, 5) is 13.0. The molecule has 1 N–H and O–H groups in total. The molecule has 0 spiro atoms. The molecule has 0 amide bonds. The fourth-order valence-electron chi connectivity index (χ4n) is 1.07. The highest BCUT2D eigenvalue weighted by Crippen LogP contribution is 2.14. The molecule has 0 atom stereocenters. The summed E-state index contributed by atoms with van der Waals surface area (Å²) in [6.45, 7) is 5.61. The molecule has 0 aliphatic heterocycles. The van der Waals surface area contributed by atoms with Crippen LogP contribution >= 0.6 is 0 Å². The normalized spacial score (nSPS) is 9.71. The smallest absolute Gasteiger partial charge is 0.408 e. The average Bonchev–Trinajstić information content (AvgIpc) is 2.49. The van der Waals surface area contributed by atoms with Gasteiger partial charge >= 0.3 is 5.76 Å².